The minimum absolute atomic E-state index is 0.115. The molecule has 0 heterocycles. The normalized spacial score (nSPS) is 13.4. The fraction of sp³-hybridized carbons (Fsp3) is 0.351. The summed E-state index contributed by atoms with van der Waals surface area (Å²) < 4.78 is 12.3. The Bertz CT molecular complexity index is 1370. The van der Waals surface area contributed by atoms with E-state index in [9.17, 15) is 10.2 Å². The van der Waals surface area contributed by atoms with Crippen molar-refractivity contribution < 1.29 is 19.7 Å². The van der Waals surface area contributed by atoms with Gasteiger partial charge in [0.25, 0.3) is 0 Å². The molecule has 0 atom stereocenters. The first kappa shape index (κ1) is 28.9. The predicted molar refractivity (Wildman–Crippen MR) is 166 cm³/mol. The first-order valence-electron chi connectivity index (χ1n) is 14.9. The van der Waals surface area contributed by atoms with Crippen molar-refractivity contribution in [1.82, 2.24) is 0 Å². The van der Waals surface area contributed by atoms with Gasteiger partial charge in [-0.1, -0.05) is 100 Å². The van der Waals surface area contributed by atoms with Gasteiger partial charge < -0.3 is 19.7 Å². The monoisotopic (exact) mass is 550 g/mol. The maximum Gasteiger partial charge on any atom is 0.122 e. The Balaban J connectivity index is 1.78. The van der Waals surface area contributed by atoms with E-state index in [1.165, 1.54) is 33.4 Å². The highest BCUT2D eigenvalue weighted by Crippen LogP contribution is 2.57. The summed E-state index contributed by atoms with van der Waals surface area (Å²) in [6, 6.07) is 30.9. The number of fused-ring (bicyclic) bond motifs is 3. The molecule has 0 fully saturated rings. The van der Waals surface area contributed by atoms with E-state index < -0.39 is 5.41 Å². The zero-order chi connectivity index (χ0) is 29.0. The number of aliphatic hydroxyl groups is 2. The summed E-state index contributed by atoms with van der Waals surface area (Å²) in [5.74, 6) is 2.28. The van der Waals surface area contributed by atoms with Gasteiger partial charge in [0.05, 0.1) is 18.6 Å². The molecule has 0 spiro atoms. The summed E-state index contributed by atoms with van der Waals surface area (Å²) in [5, 5.41) is 18.6. The topological polar surface area (TPSA) is 58.9 Å². The van der Waals surface area contributed by atoms with Crippen LogP contribution >= 0.6 is 0 Å². The first-order valence-corrected chi connectivity index (χ1v) is 14.9. The Hall–Kier alpha value is -3.60. The lowest BCUT2D eigenvalue weighted by Gasteiger charge is -2.35. The van der Waals surface area contributed by atoms with Crippen LogP contribution < -0.4 is 9.47 Å². The molecule has 0 saturated heterocycles. The molecular formula is C37H42O4. The SMILES string of the molecule is CC(C)c1cc(C2(c3ccc(OCCCO)c(C(C)C)c3)c3ccccc3-c3ccccc32)ccc1OCCCO. The third-order valence-electron chi connectivity index (χ3n) is 8.20. The third kappa shape index (κ3) is 5.27. The summed E-state index contributed by atoms with van der Waals surface area (Å²) in [6.07, 6.45) is 1.21. The van der Waals surface area contributed by atoms with Crippen LogP contribution in [-0.4, -0.2) is 36.6 Å². The summed E-state index contributed by atoms with van der Waals surface area (Å²) in [7, 11) is 0. The second kappa shape index (κ2) is 12.5. The highest BCUT2D eigenvalue weighted by atomic mass is 16.5. The van der Waals surface area contributed by atoms with Gasteiger partial charge in [-0.15, -0.1) is 0 Å². The van der Waals surface area contributed by atoms with Gasteiger partial charge in [0.2, 0.25) is 0 Å². The summed E-state index contributed by atoms with van der Waals surface area (Å²) in [4.78, 5) is 0. The lowest BCUT2D eigenvalue weighted by Crippen LogP contribution is -2.29. The van der Waals surface area contributed by atoms with Crippen LogP contribution in [0, 0.1) is 0 Å². The third-order valence-corrected chi connectivity index (χ3v) is 8.20. The Kier molecular flexibility index (Phi) is 8.82. The van der Waals surface area contributed by atoms with Crippen LogP contribution in [0.4, 0.5) is 0 Å². The average Bonchev–Trinajstić information content (AvgIpc) is 3.29. The smallest absolute Gasteiger partial charge is 0.122 e. The van der Waals surface area contributed by atoms with Gasteiger partial charge in [-0.2, -0.15) is 0 Å². The van der Waals surface area contributed by atoms with Crippen LogP contribution in [-0.2, 0) is 5.41 Å². The van der Waals surface area contributed by atoms with Crippen molar-refractivity contribution in [2.24, 2.45) is 0 Å². The van der Waals surface area contributed by atoms with E-state index in [-0.39, 0.29) is 25.0 Å². The van der Waals surface area contributed by atoms with Crippen molar-refractivity contribution in [3.63, 3.8) is 0 Å². The second-order valence-corrected chi connectivity index (χ2v) is 11.5. The molecule has 1 aliphatic rings. The highest BCUT2D eigenvalue weighted by Gasteiger charge is 2.46. The van der Waals surface area contributed by atoms with Gasteiger partial charge in [-0.05, 0) is 68.5 Å². The zero-order valence-electron chi connectivity index (χ0n) is 24.7. The highest BCUT2D eigenvalue weighted by molar-refractivity contribution is 5.86. The van der Waals surface area contributed by atoms with Crippen molar-refractivity contribution in [3.8, 4) is 22.6 Å². The van der Waals surface area contributed by atoms with Crippen LogP contribution in [0.15, 0.2) is 84.9 Å². The molecule has 4 aromatic carbocycles. The number of hydrogen-bond donors (Lipinski definition) is 2. The maximum absolute atomic E-state index is 9.30. The van der Waals surface area contributed by atoms with Crippen molar-refractivity contribution in [2.75, 3.05) is 26.4 Å². The van der Waals surface area contributed by atoms with Gasteiger partial charge >= 0.3 is 0 Å². The summed E-state index contributed by atoms with van der Waals surface area (Å²) in [6.45, 7) is 10.0. The van der Waals surface area contributed by atoms with E-state index in [0.717, 1.165) is 22.6 Å². The molecule has 0 bridgehead atoms. The fourth-order valence-corrected chi connectivity index (χ4v) is 6.25. The van der Waals surface area contributed by atoms with Crippen LogP contribution in [0.5, 0.6) is 11.5 Å². The van der Waals surface area contributed by atoms with Crippen LogP contribution in [0.2, 0.25) is 0 Å². The Morgan fingerprint density at radius 2 is 1.00 bits per heavy atom. The molecule has 4 heteroatoms. The largest absolute Gasteiger partial charge is 0.493 e. The molecule has 0 aliphatic heterocycles. The van der Waals surface area contributed by atoms with Crippen molar-refractivity contribution in [2.45, 2.75) is 57.8 Å². The number of aliphatic hydroxyl groups excluding tert-OH is 2. The van der Waals surface area contributed by atoms with Crippen molar-refractivity contribution in [1.29, 1.82) is 0 Å². The van der Waals surface area contributed by atoms with Crippen LogP contribution in [0.25, 0.3) is 11.1 Å². The van der Waals surface area contributed by atoms with Gasteiger partial charge in [0, 0.05) is 26.1 Å². The van der Waals surface area contributed by atoms with E-state index in [1.807, 2.05) is 0 Å². The lowest BCUT2D eigenvalue weighted by molar-refractivity contribution is 0.232. The Morgan fingerprint density at radius 1 is 0.585 bits per heavy atom. The van der Waals surface area contributed by atoms with Gasteiger partial charge in [0.15, 0.2) is 0 Å². The summed E-state index contributed by atoms with van der Waals surface area (Å²) in [5.41, 5.74) is 9.27. The standard InChI is InChI=1S/C37H42O4/c1-25(2)31-23-27(15-17-35(31)40-21-9-19-38)37(28-16-18-36(41-22-10-20-39)32(24-28)26(3)4)33-13-7-5-11-29(33)30-12-6-8-14-34(30)37/h5-8,11-18,23-26,38-39H,9-10,19-22H2,1-4H3. The van der Waals surface area contributed by atoms with Crippen molar-refractivity contribution in [3.05, 3.63) is 118 Å². The van der Waals surface area contributed by atoms with E-state index in [0.29, 0.717) is 26.1 Å². The predicted octanol–water partition coefficient (Wildman–Crippen LogP) is 7.82. The lowest BCUT2D eigenvalue weighted by atomic mass is 9.66. The quantitative estimate of drug-likeness (QED) is 0.156. The second-order valence-electron chi connectivity index (χ2n) is 11.5. The van der Waals surface area contributed by atoms with E-state index >= 15 is 0 Å². The molecular weight excluding hydrogens is 508 g/mol. The van der Waals surface area contributed by atoms with Crippen molar-refractivity contribution >= 4 is 0 Å². The average molecular weight is 551 g/mol. The van der Waals surface area contributed by atoms with E-state index in [1.54, 1.807) is 0 Å². The molecule has 5 rings (SSSR count). The van der Waals surface area contributed by atoms with Gasteiger partial charge in [0.1, 0.15) is 11.5 Å². The van der Waals surface area contributed by atoms with Crippen LogP contribution in [0.1, 0.15) is 85.8 Å². The molecule has 0 amide bonds. The molecule has 4 nitrogen and oxygen atoms in total. The number of benzene rings is 4. The maximum atomic E-state index is 9.30. The molecule has 0 aromatic heterocycles. The minimum atomic E-state index is -0.520. The Labute approximate surface area is 244 Å². The molecule has 4 aromatic rings. The molecule has 41 heavy (non-hydrogen) atoms. The van der Waals surface area contributed by atoms with Gasteiger partial charge in [-0.25, -0.2) is 0 Å². The number of hydrogen-bond acceptors (Lipinski definition) is 4. The molecule has 0 unspecified atom stereocenters. The fourth-order valence-electron chi connectivity index (χ4n) is 6.25. The number of rotatable bonds is 12. The Morgan fingerprint density at radius 3 is 1.39 bits per heavy atom. The summed E-state index contributed by atoms with van der Waals surface area (Å²) >= 11 is 0. The molecule has 2 N–H and O–H groups in total. The minimum Gasteiger partial charge on any atom is -0.493 e. The zero-order valence-corrected chi connectivity index (χ0v) is 24.7. The molecule has 214 valence electrons. The van der Waals surface area contributed by atoms with Crippen LogP contribution in [0.3, 0.4) is 0 Å². The molecule has 0 saturated carbocycles. The molecule has 1 aliphatic carbocycles. The van der Waals surface area contributed by atoms with E-state index in [4.69, 9.17) is 9.47 Å². The first-order chi connectivity index (χ1) is 19.9. The molecule has 0 radical (unpaired) electrons. The van der Waals surface area contributed by atoms with E-state index in [2.05, 4.69) is 113 Å². The van der Waals surface area contributed by atoms with Gasteiger partial charge in [-0.3, -0.25) is 0 Å². The number of ether oxygens (including phenoxy) is 2.